The number of nitrogens with zero attached hydrogens (tertiary/aromatic N) is 1. The minimum absolute atomic E-state index is 0.00241. The monoisotopic (exact) mass is 294 g/mol. The Labute approximate surface area is 128 Å². The molecule has 21 heavy (non-hydrogen) atoms. The van der Waals surface area contributed by atoms with Gasteiger partial charge in [-0.1, -0.05) is 34.6 Å². The van der Waals surface area contributed by atoms with Crippen molar-refractivity contribution in [3.05, 3.63) is 0 Å². The molecule has 2 fully saturated rings. The minimum atomic E-state index is -0.404. The van der Waals surface area contributed by atoms with Crippen molar-refractivity contribution >= 4 is 11.8 Å². The zero-order chi connectivity index (χ0) is 15.8. The molecular formula is C17H30N2O2. The van der Waals surface area contributed by atoms with Gasteiger partial charge in [-0.15, -0.1) is 0 Å². The van der Waals surface area contributed by atoms with Crippen molar-refractivity contribution in [1.29, 1.82) is 0 Å². The molecule has 0 spiro atoms. The Kier molecular flexibility index (Phi) is 4.64. The fourth-order valence-corrected chi connectivity index (χ4v) is 3.82. The van der Waals surface area contributed by atoms with Gasteiger partial charge in [-0.05, 0) is 36.5 Å². The van der Waals surface area contributed by atoms with Crippen molar-refractivity contribution < 1.29 is 9.59 Å². The highest BCUT2D eigenvalue weighted by molar-refractivity contribution is 5.90. The van der Waals surface area contributed by atoms with Gasteiger partial charge in [0, 0.05) is 19.0 Å². The van der Waals surface area contributed by atoms with Crippen LogP contribution >= 0.6 is 0 Å². The fraction of sp³-hybridized carbons (Fsp3) is 0.882. The Balaban J connectivity index is 2.21. The fourth-order valence-electron chi connectivity index (χ4n) is 3.82. The van der Waals surface area contributed by atoms with Crippen LogP contribution in [-0.4, -0.2) is 35.3 Å². The second-order valence-corrected chi connectivity index (χ2v) is 8.11. The molecule has 1 saturated heterocycles. The summed E-state index contributed by atoms with van der Waals surface area (Å²) in [5.74, 6) is 1.38. The topological polar surface area (TPSA) is 49.4 Å². The number of hydrogen-bond donors (Lipinski definition) is 1. The molecule has 0 aromatic heterocycles. The molecule has 120 valence electrons. The van der Waals surface area contributed by atoms with Gasteiger partial charge in [-0.3, -0.25) is 9.59 Å². The third kappa shape index (κ3) is 3.58. The van der Waals surface area contributed by atoms with E-state index < -0.39 is 6.04 Å². The van der Waals surface area contributed by atoms with E-state index in [1.165, 1.54) is 12.8 Å². The molecule has 0 bridgehead atoms. The summed E-state index contributed by atoms with van der Waals surface area (Å²) in [7, 11) is 0. The third-order valence-corrected chi connectivity index (χ3v) is 5.07. The molecule has 0 aromatic carbocycles. The molecule has 1 heterocycles. The first-order valence-electron chi connectivity index (χ1n) is 8.30. The first-order chi connectivity index (χ1) is 9.70. The molecule has 1 saturated carbocycles. The predicted octanol–water partition coefficient (Wildman–Crippen LogP) is 2.57. The van der Waals surface area contributed by atoms with Crippen molar-refractivity contribution in [1.82, 2.24) is 10.2 Å². The van der Waals surface area contributed by atoms with E-state index in [2.05, 4.69) is 19.2 Å². The first-order valence-corrected chi connectivity index (χ1v) is 8.30. The quantitative estimate of drug-likeness (QED) is 0.808. The molecule has 0 radical (unpaired) electrons. The minimum Gasteiger partial charge on any atom is -0.344 e. The van der Waals surface area contributed by atoms with Crippen LogP contribution in [0, 0.1) is 17.3 Å². The summed E-state index contributed by atoms with van der Waals surface area (Å²) in [6.07, 6.45) is 3.85. The molecule has 4 unspecified atom stereocenters. The Morgan fingerprint density at radius 3 is 2.38 bits per heavy atom. The van der Waals surface area contributed by atoms with Crippen LogP contribution in [0.3, 0.4) is 0 Å². The number of nitrogens with one attached hydrogen (secondary N) is 1. The average molecular weight is 294 g/mol. The molecular weight excluding hydrogens is 264 g/mol. The SMILES string of the molecule is CC1CCC(N2CCC(=O)NC(C(C)(C)C)C2=O)C(C)C1. The number of hydrogen-bond acceptors (Lipinski definition) is 2. The first kappa shape index (κ1) is 16.3. The summed E-state index contributed by atoms with van der Waals surface area (Å²) in [6.45, 7) is 11.2. The molecule has 0 aromatic rings. The lowest BCUT2D eigenvalue weighted by Crippen LogP contribution is -2.55. The van der Waals surface area contributed by atoms with E-state index in [0.717, 1.165) is 12.3 Å². The Bertz CT molecular complexity index is 414. The van der Waals surface area contributed by atoms with E-state index in [-0.39, 0.29) is 17.2 Å². The van der Waals surface area contributed by atoms with Gasteiger partial charge in [-0.25, -0.2) is 0 Å². The standard InChI is InChI=1S/C17H30N2O2/c1-11-6-7-13(12(2)10-11)19-9-8-14(20)18-15(16(19)21)17(3,4)5/h11-13,15H,6-10H2,1-5H3,(H,18,20). The Morgan fingerprint density at radius 2 is 1.81 bits per heavy atom. The van der Waals surface area contributed by atoms with E-state index >= 15 is 0 Å². The molecule has 4 heteroatoms. The van der Waals surface area contributed by atoms with Gasteiger partial charge in [0.05, 0.1) is 0 Å². The second-order valence-electron chi connectivity index (χ2n) is 8.11. The van der Waals surface area contributed by atoms with Crippen LogP contribution in [0.15, 0.2) is 0 Å². The summed E-state index contributed by atoms with van der Waals surface area (Å²) in [5.41, 5.74) is -0.249. The van der Waals surface area contributed by atoms with Crippen LogP contribution in [0.25, 0.3) is 0 Å². The van der Waals surface area contributed by atoms with Gasteiger partial charge in [-0.2, -0.15) is 0 Å². The summed E-state index contributed by atoms with van der Waals surface area (Å²) in [5, 5.41) is 2.93. The average Bonchev–Trinajstić information content (AvgIpc) is 2.50. The molecule has 4 atom stereocenters. The molecule has 2 aliphatic rings. The lowest BCUT2D eigenvalue weighted by molar-refractivity contribution is -0.140. The van der Waals surface area contributed by atoms with Gasteiger partial charge in [0.2, 0.25) is 11.8 Å². The normalized spacial score (nSPS) is 35.4. The number of carbonyl (C=O) groups excluding carboxylic acids is 2. The number of amides is 2. The zero-order valence-corrected chi connectivity index (χ0v) is 14.1. The van der Waals surface area contributed by atoms with E-state index in [4.69, 9.17) is 0 Å². The number of rotatable bonds is 1. The van der Waals surface area contributed by atoms with Crippen LogP contribution in [0.1, 0.15) is 60.3 Å². The molecule has 4 nitrogen and oxygen atoms in total. The summed E-state index contributed by atoms with van der Waals surface area (Å²) < 4.78 is 0. The van der Waals surface area contributed by atoms with Gasteiger partial charge in [0.25, 0.3) is 0 Å². The summed E-state index contributed by atoms with van der Waals surface area (Å²) in [6, 6.07) is -0.106. The van der Waals surface area contributed by atoms with E-state index in [1.54, 1.807) is 0 Å². The maximum atomic E-state index is 13.0. The maximum absolute atomic E-state index is 13.0. The van der Waals surface area contributed by atoms with Crippen LogP contribution < -0.4 is 5.32 Å². The van der Waals surface area contributed by atoms with Crippen molar-refractivity contribution in [2.75, 3.05) is 6.54 Å². The summed E-state index contributed by atoms with van der Waals surface area (Å²) in [4.78, 5) is 26.9. The smallest absolute Gasteiger partial charge is 0.245 e. The highest BCUT2D eigenvalue weighted by Crippen LogP contribution is 2.34. The Morgan fingerprint density at radius 1 is 1.14 bits per heavy atom. The largest absolute Gasteiger partial charge is 0.344 e. The van der Waals surface area contributed by atoms with Gasteiger partial charge in [0.15, 0.2) is 0 Å². The maximum Gasteiger partial charge on any atom is 0.245 e. The van der Waals surface area contributed by atoms with Gasteiger partial charge < -0.3 is 10.2 Å². The van der Waals surface area contributed by atoms with Crippen LogP contribution in [0.5, 0.6) is 0 Å². The molecule has 1 aliphatic heterocycles. The second kappa shape index (κ2) is 5.98. The molecule has 2 rings (SSSR count). The van der Waals surface area contributed by atoms with E-state index in [1.807, 2.05) is 25.7 Å². The third-order valence-electron chi connectivity index (χ3n) is 5.07. The highest BCUT2D eigenvalue weighted by atomic mass is 16.2. The summed E-state index contributed by atoms with van der Waals surface area (Å²) >= 11 is 0. The van der Waals surface area contributed by atoms with Crippen molar-refractivity contribution in [2.24, 2.45) is 17.3 Å². The van der Waals surface area contributed by atoms with E-state index in [9.17, 15) is 9.59 Å². The van der Waals surface area contributed by atoms with E-state index in [0.29, 0.717) is 24.9 Å². The molecule has 1 aliphatic carbocycles. The van der Waals surface area contributed by atoms with Crippen LogP contribution in [0.2, 0.25) is 0 Å². The van der Waals surface area contributed by atoms with Gasteiger partial charge in [0.1, 0.15) is 6.04 Å². The number of carbonyl (C=O) groups is 2. The predicted molar refractivity (Wildman–Crippen MR) is 83.7 cm³/mol. The van der Waals surface area contributed by atoms with Crippen LogP contribution in [-0.2, 0) is 9.59 Å². The zero-order valence-electron chi connectivity index (χ0n) is 14.1. The van der Waals surface area contributed by atoms with Crippen molar-refractivity contribution in [3.63, 3.8) is 0 Å². The van der Waals surface area contributed by atoms with Gasteiger partial charge >= 0.3 is 0 Å². The Hall–Kier alpha value is -1.06. The lowest BCUT2D eigenvalue weighted by Gasteiger charge is -2.42. The van der Waals surface area contributed by atoms with Crippen molar-refractivity contribution in [2.45, 2.75) is 72.4 Å². The molecule has 2 amide bonds. The molecule has 1 N–H and O–H groups in total. The van der Waals surface area contributed by atoms with Crippen molar-refractivity contribution in [3.8, 4) is 0 Å². The lowest BCUT2D eigenvalue weighted by atomic mass is 9.78. The van der Waals surface area contributed by atoms with Crippen LogP contribution in [0.4, 0.5) is 0 Å². The highest BCUT2D eigenvalue weighted by Gasteiger charge is 2.42.